The molecular formula is C24H21N3O2S2. The SMILES string of the molecule is Cc1sccc1CC(=O)Nc1ccc(C(=O)C2Nc3sccc3Cn3cccc32)cc1. The number of ketones is 1. The van der Waals surface area contributed by atoms with Gasteiger partial charge in [-0.3, -0.25) is 9.59 Å². The van der Waals surface area contributed by atoms with Gasteiger partial charge in [-0.1, -0.05) is 0 Å². The summed E-state index contributed by atoms with van der Waals surface area (Å²) in [6.07, 6.45) is 2.36. The fourth-order valence-corrected chi connectivity index (χ4v) is 5.43. The van der Waals surface area contributed by atoms with E-state index >= 15 is 0 Å². The smallest absolute Gasteiger partial charge is 0.228 e. The number of fused-ring (bicyclic) bond motifs is 2. The molecule has 0 bridgehead atoms. The van der Waals surface area contributed by atoms with E-state index in [1.807, 2.05) is 42.1 Å². The third kappa shape index (κ3) is 3.94. The van der Waals surface area contributed by atoms with Gasteiger partial charge in [-0.05, 0) is 71.8 Å². The first-order valence-corrected chi connectivity index (χ1v) is 11.8. The number of thiophene rings is 2. The van der Waals surface area contributed by atoms with Crippen molar-refractivity contribution >= 4 is 45.1 Å². The van der Waals surface area contributed by atoms with Crippen LogP contribution in [0.1, 0.15) is 38.1 Å². The summed E-state index contributed by atoms with van der Waals surface area (Å²) in [5.74, 6) is -0.0537. The lowest BCUT2D eigenvalue weighted by atomic mass is 10.0. The van der Waals surface area contributed by atoms with Crippen molar-refractivity contribution in [3.63, 3.8) is 0 Å². The van der Waals surface area contributed by atoms with Crippen molar-refractivity contribution in [1.82, 2.24) is 4.57 Å². The molecule has 0 radical (unpaired) electrons. The van der Waals surface area contributed by atoms with Crippen LogP contribution in [0.4, 0.5) is 10.7 Å². The molecular weight excluding hydrogens is 426 g/mol. The zero-order valence-corrected chi connectivity index (χ0v) is 18.6. The standard InChI is InChI=1S/C24H21N3O2S2/c1-15-17(8-11-30-15)13-21(28)25-19-6-4-16(5-7-19)23(29)22-20-3-2-10-27(20)14-18-9-12-31-24(18)26-22/h2-12,22,26H,13-14H2,1H3,(H,25,28). The van der Waals surface area contributed by atoms with Crippen LogP contribution in [0.2, 0.25) is 0 Å². The zero-order valence-electron chi connectivity index (χ0n) is 16.9. The van der Waals surface area contributed by atoms with Gasteiger partial charge in [0.2, 0.25) is 5.91 Å². The summed E-state index contributed by atoms with van der Waals surface area (Å²) in [6, 6.07) is 14.7. The second-order valence-electron chi connectivity index (χ2n) is 7.58. The minimum Gasteiger partial charge on any atom is -0.362 e. The molecule has 1 amide bonds. The summed E-state index contributed by atoms with van der Waals surface area (Å²) in [5, 5.41) is 11.4. The minimum absolute atomic E-state index is 0.00738. The number of aryl methyl sites for hydroxylation is 1. The van der Waals surface area contributed by atoms with Crippen molar-refractivity contribution in [2.45, 2.75) is 25.9 Å². The number of nitrogens with zero attached hydrogens (tertiary/aromatic N) is 1. The van der Waals surface area contributed by atoms with Crippen LogP contribution in [-0.4, -0.2) is 16.3 Å². The topological polar surface area (TPSA) is 63.1 Å². The van der Waals surface area contributed by atoms with E-state index in [1.54, 1.807) is 46.9 Å². The molecule has 1 atom stereocenters. The minimum atomic E-state index is -0.447. The van der Waals surface area contributed by atoms with Crippen molar-refractivity contribution in [2.75, 3.05) is 10.6 Å². The number of anilines is 2. The highest BCUT2D eigenvalue weighted by molar-refractivity contribution is 7.14. The van der Waals surface area contributed by atoms with E-state index in [2.05, 4.69) is 21.3 Å². The van der Waals surface area contributed by atoms with Gasteiger partial charge in [0.15, 0.2) is 5.78 Å². The van der Waals surface area contributed by atoms with Gasteiger partial charge >= 0.3 is 0 Å². The molecule has 4 heterocycles. The second kappa shape index (κ2) is 8.17. The van der Waals surface area contributed by atoms with E-state index in [0.29, 0.717) is 17.7 Å². The molecule has 1 unspecified atom stereocenters. The number of Topliss-reactive ketones (excluding diaryl/α,β-unsaturated/α-hetero) is 1. The van der Waals surface area contributed by atoms with Gasteiger partial charge in [0.1, 0.15) is 6.04 Å². The number of hydrogen-bond acceptors (Lipinski definition) is 5. The lowest BCUT2D eigenvalue weighted by molar-refractivity contribution is -0.115. The van der Waals surface area contributed by atoms with E-state index in [4.69, 9.17) is 0 Å². The largest absolute Gasteiger partial charge is 0.362 e. The Balaban J connectivity index is 1.32. The first-order chi connectivity index (χ1) is 15.1. The van der Waals surface area contributed by atoms with Crippen LogP contribution < -0.4 is 10.6 Å². The summed E-state index contributed by atoms with van der Waals surface area (Å²) in [5.41, 5.74) is 4.49. The lowest BCUT2D eigenvalue weighted by Gasteiger charge is -2.17. The fourth-order valence-electron chi connectivity index (χ4n) is 3.87. The van der Waals surface area contributed by atoms with Gasteiger partial charge in [-0.2, -0.15) is 0 Å². The molecule has 5 nitrogen and oxygen atoms in total. The van der Waals surface area contributed by atoms with E-state index in [0.717, 1.165) is 27.7 Å². The van der Waals surface area contributed by atoms with Crippen LogP contribution >= 0.6 is 22.7 Å². The zero-order chi connectivity index (χ0) is 21.4. The Bertz CT molecular complexity index is 1250. The third-order valence-electron chi connectivity index (χ3n) is 5.56. The molecule has 1 aromatic carbocycles. The Morgan fingerprint density at radius 1 is 1.10 bits per heavy atom. The molecule has 1 aliphatic rings. The van der Waals surface area contributed by atoms with E-state index in [-0.39, 0.29) is 11.7 Å². The van der Waals surface area contributed by atoms with Crippen molar-refractivity contribution in [3.8, 4) is 0 Å². The Morgan fingerprint density at radius 3 is 2.68 bits per heavy atom. The molecule has 2 N–H and O–H groups in total. The highest BCUT2D eigenvalue weighted by atomic mass is 32.1. The number of rotatable bonds is 5. The average molecular weight is 448 g/mol. The molecule has 3 aromatic heterocycles. The molecule has 1 aliphatic heterocycles. The Kier molecular flexibility index (Phi) is 5.21. The first-order valence-electron chi connectivity index (χ1n) is 10.0. The predicted molar refractivity (Wildman–Crippen MR) is 126 cm³/mol. The normalized spacial score (nSPS) is 14.8. The molecule has 0 aliphatic carbocycles. The number of amides is 1. The third-order valence-corrected chi connectivity index (χ3v) is 7.33. The number of nitrogens with one attached hydrogen (secondary N) is 2. The van der Waals surface area contributed by atoms with Crippen molar-refractivity contribution < 1.29 is 9.59 Å². The van der Waals surface area contributed by atoms with Gasteiger partial charge in [0, 0.05) is 33.6 Å². The van der Waals surface area contributed by atoms with Crippen LogP contribution in [-0.2, 0) is 17.8 Å². The molecule has 5 rings (SSSR count). The molecule has 156 valence electrons. The predicted octanol–water partition coefficient (Wildman–Crippen LogP) is 5.50. The first kappa shape index (κ1) is 19.8. The highest BCUT2D eigenvalue weighted by Crippen LogP contribution is 2.34. The number of carbonyl (C=O) groups excluding carboxylic acids is 2. The summed E-state index contributed by atoms with van der Waals surface area (Å²) in [6.45, 7) is 2.78. The summed E-state index contributed by atoms with van der Waals surface area (Å²) in [4.78, 5) is 26.9. The van der Waals surface area contributed by atoms with Crippen molar-refractivity contribution in [2.24, 2.45) is 0 Å². The van der Waals surface area contributed by atoms with Crippen LogP contribution in [0.3, 0.4) is 0 Å². The van der Waals surface area contributed by atoms with Gasteiger partial charge < -0.3 is 15.2 Å². The van der Waals surface area contributed by atoms with Gasteiger partial charge in [-0.15, -0.1) is 22.7 Å². The molecule has 31 heavy (non-hydrogen) atoms. The number of aromatic nitrogens is 1. The van der Waals surface area contributed by atoms with Gasteiger partial charge in [0.05, 0.1) is 18.0 Å². The Hall–Kier alpha value is -3.16. The Labute approximate surface area is 188 Å². The average Bonchev–Trinajstić information content (AvgIpc) is 3.48. The highest BCUT2D eigenvalue weighted by Gasteiger charge is 2.28. The lowest BCUT2D eigenvalue weighted by Crippen LogP contribution is -2.22. The van der Waals surface area contributed by atoms with Crippen molar-refractivity contribution in [3.05, 3.63) is 92.7 Å². The van der Waals surface area contributed by atoms with Crippen LogP contribution in [0.25, 0.3) is 0 Å². The van der Waals surface area contributed by atoms with Crippen LogP contribution in [0.15, 0.2) is 65.5 Å². The monoisotopic (exact) mass is 447 g/mol. The van der Waals surface area contributed by atoms with Gasteiger partial charge in [0.25, 0.3) is 0 Å². The number of hydrogen-bond donors (Lipinski definition) is 2. The Morgan fingerprint density at radius 2 is 1.90 bits per heavy atom. The van der Waals surface area contributed by atoms with E-state index in [9.17, 15) is 9.59 Å². The molecule has 0 saturated heterocycles. The maximum Gasteiger partial charge on any atom is 0.228 e. The molecule has 0 saturated carbocycles. The molecule has 0 spiro atoms. The summed E-state index contributed by atoms with van der Waals surface area (Å²) >= 11 is 3.26. The molecule has 4 aromatic rings. The van der Waals surface area contributed by atoms with E-state index in [1.165, 1.54) is 5.56 Å². The van der Waals surface area contributed by atoms with E-state index < -0.39 is 6.04 Å². The summed E-state index contributed by atoms with van der Waals surface area (Å²) < 4.78 is 2.12. The quantitative estimate of drug-likeness (QED) is 0.397. The maximum absolute atomic E-state index is 13.4. The number of benzene rings is 1. The molecule has 0 fully saturated rings. The van der Waals surface area contributed by atoms with Crippen LogP contribution in [0.5, 0.6) is 0 Å². The van der Waals surface area contributed by atoms with Crippen molar-refractivity contribution in [1.29, 1.82) is 0 Å². The van der Waals surface area contributed by atoms with Crippen LogP contribution in [0, 0.1) is 6.92 Å². The maximum atomic E-state index is 13.4. The second-order valence-corrected chi connectivity index (χ2v) is 9.62. The fraction of sp³-hybridized carbons (Fsp3) is 0.167. The summed E-state index contributed by atoms with van der Waals surface area (Å²) in [7, 11) is 0. The number of carbonyl (C=O) groups is 2. The van der Waals surface area contributed by atoms with Gasteiger partial charge in [-0.25, -0.2) is 0 Å². The molecule has 7 heteroatoms.